The molecule has 122 valence electrons. The summed E-state index contributed by atoms with van der Waals surface area (Å²) in [6, 6.07) is 3.72. The smallest absolute Gasteiger partial charge is 0.248 e. The zero-order valence-electron chi connectivity index (χ0n) is 12.2. The van der Waals surface area contributed by atoms with Crippen LogP contribution >= 0.6 is 11.6 Å². The second-order valence-corrected chi connectivity index (χ2v) is 5.59. The number of allylic oxidation sites excluding steroid dienone is 3. The van der Waals surface area contributed by atoms with Gasteiger partial charge in [-0.15, -0.1) is 0 Å². The molecule has 0 amide bonds. The van der Waals surface area contributed by atoms with Crippen molar-refractivity contribution in [2.75, 3.05) is 0 Å². The summed E-state index contributed by atoms with van der Waals surface area (Å²) in [7, 11) is 0. The lowest BCUT2D eigenvalue weighted by molar-refractivity contribution is -0.429. The van der Waals surface area contributed by atoms with Gasteiger partial charge in [0.15, 0.2) is 0 Å². The van der Waals surface area contributed by atoms with Crippen molar-refractivity contribution in [1.29, 1.82) is 0 Å². The standard InChI is InChI=1S/C16H15ClFNO4/c1-10-2-4-14(20)9-13(19(21)22)3-5-16(10)23-15-7-11(17)6-12(18)8-15/h3,5-8,14,20H,1-2,4,9H2/b13-3+,16-5?. The second-order valence-electron chi connectivity index (χ2n) is 5.15. The first-order valence-corrected chi connectivity index (χ1v) is 7.28. The first-order valence-electron chi connectivity index (χ1n) is 6.90. The van der Waals surface area contributed by atoms with Crippen LogP contribution in [0.4, 0.5) is 4.39 Å². The lowest BCUT2D eigenvalue weighted by Gasteiger charge is -2.13. The molecule has 0 fully saturated rings. The molecule has 0 radical (unpaired) electrons. The Balaban J connectivity index is 2.32. The molecule has 1 atom stereocenters. The van der Waals surface area contributed by atoms with Gasteiger partial charge in [0.25, 0.3) is 0 Å². The Morgan fingerprint density at radius 3 is 2.78 bits per heavy atom. The number of nitro groups is 1. The maximum atomic E-state index is 13.4. The van der Waals surface area contributed by atoms with Crippen LogP contribution in [0.2, 0.25) is 5.02 Å². The Morgan fingerprint density at radius 1 is 1.39 bits per heavy atom. The number of benzene rings is 1. The largest absolute Gasteiger partial charge is 0.457 e. The number of aliphatic hydroxyl groups is 1. The molecule has 0 saturated carbocycles. The van der Waals surface area contributed by atoms with Gasteiger partial charge in [0.05, 0.1) is 17.4 Å². The number of aliphatic hydroxyl groups excluding tert-OH is 1. The normalized spacial score (nSPS) is 21.3. The zero-order valence-corrected chi connectivity index (χ0v) is 12.9. The van der Waals surface area contributed by atoms with Gasteiger partial charge in [0.1, 0.15) is 17.3 Å². The van der Waals surface area contributed by atoms with Crippen LogP contribution in [0.5, 0.6) is 5.75 Å². The van der Waals surface area contributed by atoms with Crippen molar-refractivity contribution >= 4 is 11.6 Å². The minimum absolute atomic E-state index is 0.0597. The lowest BCUT2D eigenvalue weighted by atomic mass is 10.1. The van der Waals surface area contributed by atoms with Crippen molar-refractivity contribution in [3.05, 3.63) is 74.9 Å². The van der Waals surface area contributed by atoms with Crippen LogP contribution in [0.1, 0.15) is 19.3 Å². The summed E-state index contributed by atoms with van der Waals surface area (Å²) < 4.78 is 18.9. The van der Waals surface area contributed by atoms with Gasteiger partial charge >= 0.3 is 0 Å². The number of halogens is 2. The van der Waals surface area contributed by atoms with Crippen LogP contribution in [-0.4, -0.2) is 16.1 Å². The molecule has 7 heteroatoms. The van der Waals surface area contributed by atoms with E-state index in [0.717, 1.165) is 12.1 Å². The third-order valence-electron chi connectivity index (χ3n) is 3.30. The van der Waals surface area contributed by atoms with Gasteiger partial charge in [-0.3, -0.25) is 10.1 Å². The summed E-state index contributed by atoms with van der Waals surface area (Å²) in [5.74, 6) is -0.128. The van der Waals surface area contributed by atoms with E-state index in [0.29, 0.717) is 18.4 Å². The molecule has 1 unspecified atom stereocenters. The van der Waals surface area contributed by atoms with Gasteiger partial charge in [0.2, 0.25) is 5.70 Å². The molecular weight excluding hydrogens is 325 g/mol. The van der Waals surface area contributed by atoms with Crippen molar-refractivity contribution in [2.45, 2.75) is 25.4 Å². The third-order valence-corrected chi connectivity index (χ3v) is 3.52. The number of nitrogens with zero attached hydrogens (tertiary/aromatic N) is 1. The van der Waals surface area contributed by atoms with E-state index in [9.17, 15) is 19.6 Å². The fourth-order valence-corrected chi connectivity index (χ4v) is 2.33. The van der Waals surface area contributed by atoms with E-state index in [1.165, 1.54) is 18.2 Å². The molecule has 0 spiro atoms. The van der Waals surface area contributed by atoms with E-state index in [1.54, 1.807) is 0 Å². The quantitative estimate of drug-likeness (QED) is 0.667. The Kier molecular flexibility index (Phi) is 5.52. The third kappa shape index (κ3) is 4.91. The van der Waals surface area contributed by atoms with Gasteiger partial charge in [-0.25, -0.2) is 4.39 Å². The monoisotopic (exact) mass is 339 g/mol. The highest BCUT2D eigenvalue weighted by Gasteiger charge is 2.20. The van der Waals surface area contributed by atoms with Crippen LogP contribution in [0, 0.1) is 15.9 Å². The average Bonchev–Trinajstić information content (AvgIpc) is 2.51. The van der Waals surface area contributed by atoms with Gasteiger partial charge in [-0.05, 0) is 36.6 Å². The first-order chi connectivity index (χ1) is 10.8. The topological polar surface area (TPSA) is 72.6 Å². The van der Waals surface area contributed by atoms with Crippen molar-refractivity contribution in [3.8, 4) is 5.75 Å². The summed E-state index contributed by atoms with van der Waals surface area (Å²) >= 11 is 5.78. The summed E-state index contributed by atoms with van der Waals surface area (Å²) in [5, 5.41) is 21.0. The van der Waals surface area contributed by atoms with Crippen LogP contribution in [0.25, 0.3) is 0 Å². The number of rotatable bonds is 3. The number of ether oxygens (including phenoxy) is 1. The molecule has 0 aliphatic heterocycles. The van der Waals surface area contributed by atoms with E-state index >= 15 is 0 Å². The molecular formula is C16H15ClFNO4. The average molecular weight is 340 g/mol. The van der Waals surface area contributed by atoms with E-state index in [1.807, 2.05) is 0 Å². The minimum Gasteiger partial charge on any atom is -0.457 e. The van der Waals surface area contributed by atoms with Gasteiger partial charge < -0.3 is 9.84 Å². The van der Waals surface area contributed by atoms with Crippen LogP contribution in [-0.2, 0) is 0 Å². The summed E-state index contributed by atoms with van der Waals surface area (Å²) in [4.78, 5) is 10.4. The fraction of sp³-hybridized carbons (Fsp3) is 0.250. The van der Waals surface area contributed by atoms with Crippen LogP contribution in [0.15, 0.2) is 54.0 Å². The van der Waals surface area contributed by atoms with Crippen LogP contribution in [0.3, 0.4) is 0 Å². The van der Waals surface area contributed by atoms with Gasteiger partial charge in [-0.2, -0.15) is 0 Å². The van der Waals surface area contributed by atoms with Crippen molar-refractivity contribution in [1.82, 2.24) is 0 Å². The van der Waals surface area contributed by atoms with E-state index in [2.05, 4.69) is 6.58 Å². The predicted octanol–water partition coefficient (Wildman–Crippen LogP) is 4.00. The molecule has 0 saturated heterocycles. The number of hydrogen-bond donors (Lipinski definition) is 1. The van der Waals surface area contributed by atoms with E-state index in [-0.39, 0.29) is 28.6 Å². The minimum atomic E-state index is -0.834. The lowest BCUT2D eigenvalue weighted by Crippen LogP contribution is -2.11. The van der Waals surface area contributed by atoms with Gasteiger partial charge in [0, 0.05) is 17.2 Å². The highest BCUT2D eigenvalue weighted by Crippen LogP contribution is 2.27. The predicted molar refractivity (Wildman–Crippen MR) is 84.2 cm³/mol. The van der Waals surface area contributed by atoms with Crippen molar-refractivity contribution in [2.24, 2.45) is 0 Å². The first kappa shape index (κ1) is 17.2. The number of hydrogen-bond acceptors (Lipinski definition) is 4. The summed E-state index contributed by atoms with van der Waals surface area (Å²) in [5.41, 5.74) is 0.413. The Hall–Kier alpha value is -2.18. The molecule has 1 aliphatic carbocycles. The Morgan fingerprint density at radius 2 is 2.13 bits per heavy atom. The molecule has 2 rings (SSSR count). The molecule has 1 aromatic rings. The van der Waals surface area contributed by atoms with Crippen molar-refractivity contribution < 1.29 is 19.2 Å². The molecule has 0 bridgehead atoms. The Labute approximate surface area is 137 Å². The van der Waals surface area contributed by atoms with E-state index < -0.39 is 16.8 Å². The summed E-state index contributed by atoms with van der Waals surface area (Å²) in [6.07, 6.45) is 2.48. The summed E-state index contributed by atoms with van der Waals surface area (Å²) in [6.45, 7) is 3.85. The molecule has 1 aromatic carbocycles. The fourth-order valence-electron chi connectivity index (χ4n) is 2.12. The van der Waals surface area contributed by atoms with E-state index in [4.69, 9.17) is 16.3 Å². The molecule has 0 aromatic heterocycles. The molecule has 5 nitrogen and oxygen atoms in total. The molecule has 23 heavy (non-hydrogen) atoms. The highest BCUT2D eigenvalue weighted by molar-refractivity contribution is 6.30. The molecule has 1 N–H and O–H groups in total. The maximum Gasteiger partial charge on any atom is 0.248 e. The zero-order chi connectivity index (χ0) is 17.0. The molecule has 1 aliphatic rings. The highest BCUT2D eigenvalue weighted by atomic mass is 35.5. The van der Waals surface area contributed by atoms with Gasteiger partial charge in [-0.1, -0.05) is 18.2 Å². The second kappa shape index (κ2) is 7.39. The Bertz CT molecular complexity index is 679. The SMILES string of the molecule is C=C1CCC(O)C/C([N+](=O)[O-])=C\C=C1Oc1cc(F)cc(Cl)c1. The maximum absolute atomic E-state index is 13.4. The van der Waals surface area contributed by atoms with Crippen molar-refractivity contribution in [3.63, 3.8) is 0 Å². The molecule has 0 heterocycles. The van der Waals surface area contributed by atoms with Crippen LogP contribution < -0.4 is 4.74 Å².